The highest BCUT2D eigenvalue weighted by Crippen LogP contribution is 2.13. The van der Waals surface area contributed by atoms with Crippen LogP contribution in [0.3, 0.4) is 0 Å². The second-order valence-corrected chi connectivity index (χ2v) is 3.58. The summed E-state index contributed by atoms with van der Waals surface area (Å²) in [5, 5.41) is 10.7. The molecule has 0 atom stereocenters. The normalized spacial score (nSPS) is 10.2. The zero-order valence-corrected chi connectivity index (χ0v) is 9.88. The molecule has 7 nitrogen and oxygen atoms in total. The van der Waals surface area contributed by atoms with Gasteiger partial charge in [0.15, 0.2) is 12.4 Å². The quantitative estimate of drug-likeness (QED) is 0.325. The van der Waals surface area contributed by atoms with Crippen LogP contribution in [-0.4, -0.2) is 27.1 Å². The highest BCUT2D eigenvalue weighted by molar-refractivity contribution is 5.69. The largest absolute Gasteiger partial charge is 0.463 e. The maximum Gasteiger partial charge on any atom is 0.348 e. The average molecular weight is 241 g/mol. The lowest BCUT2D eigenvalue weighted by atomic mass is 10.4. The molecule has 0 saturated carbocycles. The fourth-order valence-electron chi connectivity index (χ4n) is 1.30. The summed E-state index contributed by atoms with van der Waals surface area (Å²) in [6, 6.07) is 0. The molecule has 17 heavy (non-hydrogen) atoms. The molecule has 1 aromatic heterocycles. The first kappa shape index (κ1) is 13.1. The molecule has 0 unspecified atom stereocenters. The monoisotopic (exact) mass is 241 g/mol. The molecule has 7 heteroatoms. The summed E-state index contributed by atoms with van der Waals surface area (Å²) in [7, 11) is 0. The molecule has 0 amide bonds. The van der Waals surface area contributed by atoms with Gasteiger partial charge in [0.05, 0.1) is 6.61 Å². The molecular weight excluding hydrogens is 226 g/mol. The van der Waals surface area contributed by atoms with Crippen molar-refractivity contribution in [3.8, 4) is 0 Å². The van der Waals surface area contributed by atoms with Gasteiger partial charge in [-0.15, -0.1) is 0 Å². The number of nitrogens with zero attached hydrogens (tertiary/aromatic N) is 3. The molecule has 0 fully saturated rings. The summed E-state index contributed by atoms with van der Waals surface area (Å²) in [5.41, 5.74) is 0. The molecule has 0 aliphatic rings. The van der Waals surface area contributed by atoms with E-state index in [1.54, 1.807) is 6.92 Å². The molecule has 0 spiro atoms. The lowest BCUT2D eigenvalue weighted by Gasteiger charge is -2.04. The van der Waals surface area contributed by atoms with Crippen molar-refractivity contribution < 1.29 is 14.5 Å². The minimum Gasteiger partial charge on any atom is -0.463 e. The first-order valence-corrected chi connectivity index (χ1v) is 5.38. The molecule has 1 heterocycles. The third-order valence-corrected chi connectivity index (χ3v) is 2.27. The van der Waals surface area contributed by atoms with Crippen molar-refractivity contribution in [2.45, 2.75) is 33.2 Å². The number of hydrogen-bond donors (Lipinski definition) is 0. The smallest absolute Gasteiger partial charge is 0.348 e. The molecule has 1 aromatic rings. The standard InChI is InChI=1S/C10H15N3O4/c1-3-4-5-17-10(14)7-12-8(2)11-6-9(12)13(15)16/h6H,3-5,7H2,1-2H3. The van der Waals surface area contributed by atoms with Gasteiger partial charge in [0.1, 0.15) is 6.20 Å². The lowest BCUT2D eigenvalue weighted by Crippen LogP contribution is -2.16. The van der Waals surface area contributed by atoms with Crippen LogP contribution in [0.1, 0.15) is 25.6 Å². The van der Waals surface area contributed by atoms with Crippen LogP contribution in [0.15, 0.2) is 6.20 Å². The van der Waals surface area contributed by atoms with Crippen molar-refractivity contribution in [2.24, 2.45) is 0 Å². The van der Waals surface area contributed by atoms with E-state index < -0.39 is 10.9 Å². The number of aryl methyl sites for hydroxylation is 1. The summed E-state index contributed by atoms with van der Waals surface area (Å²) in [6.07, 6.45) is 2.85. The van der Waals surface area contributed by atoms with E-state index in [9.17, 15) is 14.9 Å². The summed E-state index contributed by atoms with van der Waals surface area (Å²) >= 11 is 0. The molecule has 0 aromatic carbocycles. The zero-order chi connectivity index (χ0) is 12.8. The van der Waals surface area contributed by atoms with E-state index in [0.29, 0.717) is 12.4 Å². The summed E-state index contributed by atoms with van der Waals surface area (Å²) < 4.78 is 6.17. The van der Waals surface area contributed by atoms with Gasteiger partial charge in [-0.25, -0.2) is 9.78 Å². The molecular formula is C10H15N3O4. The Hall–Kier alpha value is -1.92. The van der Waals surface area contributed by atoms with Gasteiger partial charge in [-0.2, -0.15) is 4.57 Å². The topological polar surface area (TPSA) is 87.3 Å². The third-order valence-electron chi connectivity index (χ3n) is 2.27. The minimum absolute atomic E-state index is 0.175. The van der Waals surface area contributed by atoms with E-state index in [1.165, 1.54) is 4.57 Å². The Kier molecular flexibility index (Phi) is 4.62. The molecule has 0 saturated heterocycles. The molecule has 0 aliphatic heterocycles. The number of imidazole rings is 1. The molecule has 0 radical (unpaired) electrons. The van der Waals surface area contributed by atoms with Crippen LogP contribution in [-0.2, 0) is 16.1 Å². The van der Waals surface area contributed by atoms with E-state index in [4.69, 9.17) is 4.74 Å². The van der Waals surface area contributed by atoms with Crippen molar-refractivity contribution in [3.05, 3.63) is 22.1 Å². The number of unbranched alkanes of at least 4 members (excludes halogenated alkanes) is 1. The van der Waals surface area contributed by atoms with Crippen LogP contribution in [0, 0.1) is 17.0 Å². The lowest BCUT2D eigenvalue weighted by molar-refractivity contribution is -0.392. The SMILES string of the molecule is CCCCOC(=O)Cn1c([N+](=O)[O-])cnc1C. The minimum atomic E-state index is -0.570. The maximum absolute atomic E-state index is 11.4. The summed E-state index contributed by atoms with van der Waals surface area (Å²) in [6.45, 7) is 3.76. The fourth-order valence-corrected chi connectivity index (χ4v) is 1.30. The third kappa shape index (κ3) is 3.54. The fraction of sp³-hybridized carbons (Fsp3) is 0.600. The predicted molar refractivity (Wildman–Crippen MR) is 59.5 cm³/mol. The van der Waals surface area contributed by atoms with Crippen LogP contribution in [0.25, 0.3) is 0 Å². The molecule has 0 N–H and O–H groups in total. The van der Waals surface area contributed by atoms with Gasteiger partial charge in [-0.1, -0.05) is 13.3 Å². The average Bonchev–Trinajstić information content (AvgIpc) is 2.61. The van der Waals surface area contributed by atoms with Crippen molar-refractivity contribution in [1.82, 2.24) is 9.55 Å². The van der Waals surface area contributed by atoms with E-state index in [1.807, 2.05) is 6.92 Å². The Morgan fingerprint density at radius 1 is 1.65 bits per heavy atom. The highest BCUT2D eigenvalue weighted by Gasteiger charge is 2.20. The Labute approximate surface area is 98.6 Å². The number of ether oxygens (including phenoxy) is 1. The number of hydrogen-bond acceptors (Lipinski definition) is 5. The number of nitro groups is 1. The summed E-state index contributed by atoms with van der Waals surface area (Å²) in [4.78, 5) is 25.3. The highest BCUT2D eigenvalue weighted by atomic mass is 16.6. The maximum atomic E-state index is 11.4. The van der Waals surface area contributed by atoms with Gasteiger partial charge >= 0.3 is 11.8 Å². The first-order chi connectivity index (χ1) is 8.06. The van der Waals surface area contributed by atoms with Crippen LogP contribution in [0.5, 0.6) is 0 Å². The Morgan fingerprint density at radius 2 is 2.35 bits per heavy atom. The van der Waals surface area contributed by atoms with Crippen LogP contribution >= 0.6 is 0 Å². The van der Waals surface area contributed by atoms with Gasteiger partial charge < -0.3 is 14.9 Å². The number of carbonyl (C=O) groups is 1. The second kappa shape index (κ2) is 5.97. The van der Waals surface area contributed by atoms with Crippen LogP contribution < -0.4 is 0 Å². The zero-order valence-electron chi connectivity index (χ0n) is 9.88. The molecule has 1 rings (SSSR count). The number of esters is 1. The van der Waals surface area contributed by atoms with E-state index in [2.05, 4.69) is 4.98 Å². The van der Waals surface area contributed by atoms with Gasteiger partial charge in [0.25, 0.3) is 0 Å². The van der Waals surface area contributed by atoms with Gasteiger partial charge in [0, 0.05) is 6.92 Å². The van der Waals surface area contributed by atoms with E-state index in [0.717, 1.165) is 19.0 Å². The number of rotatable bonds is 6. The van der Waals surface area contributed by atoms with Crippen molar-refractivity contribution in [2.75, 3.05) is 6.61 Å². The van der Waals surface area contributed by atoms with Gasteiger partial charge in [-0.05, 0) is 11.3 Å². The Morgan fingerprint density at radius 3 is 2.94 bits per heavy atom. The molecule has 0 aliphatic carbocycles. The second-order valence-electron chi connectivity index (χ2n) is 3.58. The predicted octanol–water partition coefficient (Wildman–Crippen LogP) is 1.44. The first-order valence-electron chi connectivity index (χ1n) is 5.38. The number of aromatic nitrogens is 2. The van der Waals surface area contributed by atoms with Crippen molar-refractivity contribution >= 4 is 11.8 Å². The Balaban J connectivity index is 2.64. The van der Waals surface area contributed by atoms with Crippen LogP contribution in [0.4, 0.5) is 5.82 Å². The van der Waals surface area contributed by atoms with Crippen LogP contribution in [0.2, 0.25) is 0 Å². The number of carbonyl (C=O) groups excluding carboxylic acids is 1. The van der Waals surface area contributed by atoms with E-state index >= 15 is 0 Å². The van der Waals surface area contributed by atoms with Crippen molar-refractivity contribution in [3.63, 3.8) is 0 Å². The van der Waals surface area contributed by atoms with Gasteiger partial charge in [0.2, 0.25) is 0 Å². The molecule has 0 bridgehead atoms. The molecule has 94 valence electrons. The van der Waals surface area contributed by atoms with Gasteiger partial charge in [-0.3, -0.25) is 0 Å². The van der Waals surface area contributed by atoms with E-state index in [-0.39, 0.29) is 12.4 Å². The Bertz CT molecular complexity index is 414. The van der Waals surface area contributed by atoms with Crippen molar-refractivity contribution in [1.29, 1.82) is 0 Å². The summed E-state index contributed by atoms with van der Waals surface area (Å²) in [5.74, 6) is -0.262.